The quantitative estimate of drug-likeness (QED) is 0.134. The molecule has 15 heteroatoms. The second kappa shape index (κ2) is 14.2. The summed E-state index contributed by atoms with van der Waals surface area (Å²) in [5.41, 5.74) is -1.33. The number of aromatic amines is 1. The molecule has 2 amide bonds. The second-order valence-corrected chi connectivity index (χ2v) is 9.56. The van der Waals surface area contributed by atoms with E-state index in [1.54, 1.807) is 6.08 Å². The monoisotopic (exact) mass is 532 g/mol. The first-order valence-electron chi connectivity index (χ1n) is 11.5. The number of aliphatic hydroxyl groups excluding tert-OH is 1. The van der Waals surface area contributed by atoms with Crippen LogP contribution in [0, 0.1) is 0 Å². The largest absolute Gasteiger partial charge is 0.469 e. The van der Waals surface area contributed by atoms with Gasteiger partial charge in [0, 0.05) is 39.1 Å². The lowest BCUT2D eigenvalue weighted by Gasteiger charge is -2.16. The highest BCUT2D eigenvalue weighted by Gasteiger charge is 2.37. The number of amides is 2. The van der Waals surface area contributed by atoms with Gasteiger partial charge in [-0.1, -0.05) is 25.0 Å². The zero-order valence-electron chi connectivity index (χ0n) is 19.9. The summed E-state index contributed by atoms with van der Waals surface area (Å²) in [6.07, 6.45) is 4.64. The molecule has 1 aliphatic rings. The van der Waals surface area contributed by atoms with Crippen molar-refractivity contribution in [2.24, 2.45) is 0 Å². The van der Waals surface area contributed by atoms with Gasteiger partial charge in [0.1, 0.15) is 12.3 Å². The maximum absolute atomic E-state index is 12.2. The lowest BCUT2D eigenvalue weighted by Crippen LogP contribution is -2.33. The Hall–Kier alpha value is -2.61. The molecule has 2 rings (SSSR count). The van der Waals surface area contributed by atoms with Crippen molar-refractivity contribution in [3.05, 3.63) is 38.7 Å². The Bertz CT molecular complexity index is 1080. The smallest absolute Gasteiger partial charge is 0.390 e. The fourth-order valence-electron chi connectivity index (χ4n) is 3.52. The molecule has 1 aromatic heterocycles. The zero-order chi connectivity index (χ0) is 26.7. The van der Waals surface area contributed by atoms with E-state index < -0.39 is 44.1 Å². The molecule has 3 unspecified atom stereocenters. The number of ether oxygens (including phenoxy) is 1. The standard InChI is InChI=1S/C21H33N4O10P/c1-14(26)22-9-5-3-2-4-8-18(28)23-10-6-7-15-12-25(21(30)24-20(15)29)19-11-16(27)17(35-19)13-34-36(31,32)33/h6-7,12,16-17,19,27H,2-5,8-11,13H2,1H3,(H,22,26)(H,23,28)(H,24,29,30)(H2,31,32,33)/b7-6+. The van der Waals surface area contributed by atoms with Gasteiger partial charge in [0.25, 0.3) is 5.56 Å². The summed E-state index contributed by atoms with van der Waals surface area (Å²) < 4.78 is 21.8. The zero-order valence-corrected chi connectivity index (χ0v) is 20.8. The van der Waals surface area contributed by atoms with Crippen molar-refractivity contribution in [3.63, 3.8) is 0 Å². The lowest BCUT2D eigenvalue weighted by molar-refractivity contribution is -0.121. The molecule has 1 saturated heterocycles. The Balaban J connectivity index is 1.82. The highest BCUT2D eigenvalue weighted by molar-refractivity contribution is 7.46. The Morgan fingerprint density at radius 2 is 1.97 bits per heavy atom. The predicted octanol–water partition coefficient (Wildman–Crippen LogP) is -0.490. The molecule has 0 aliphatic carbocycles. The minimum absolute atomic E-state index is 0.0614. The molecule has 202 valence electrons. The number of nitrogens with one attached hydrogen (secondary N) is 3. The number of phosphoric ester groups is 1. The molecule has 0 radical (unpaired) electrons. The molecular formula is C21H33N4O10P. The van der Waals surface area contributed by atoms with Gasteiger partial charge in [0.2, 0.25) is 11.8 Å². The minimum Gasteiger partial charge on any atom is -0.390 e. The molecular weight excluding hydrogens is 499 g/mol. The van der Waals surface area contributed by atoms with Crippen molar-refractivity contribution in [2.45, 2.75) is 63.9 Å². The Kier molecular flexibility index (Phi) is 11.7. The molecule has 1 aliphatic heterocycles. The van der Waals surface area contributed by atoms with Gasteiger partial charge in [0.05, 0.1) is 18.3 Å². The van der Waals surface area contributed by atoms with Gasteiger partial charge in [-0.2, -0.15) is 0 Å². The van der Waals surface area contributed by atoms with Gasteiger partial charge in [-0.3, -0.25) is 28.5 Å². The van der Waals surface area contributed by atoms with Crippen LogP contribution in [-0.4, -0.2) is 68.2 Å². The molecule has 2 heterocycles. The lowest BCUT2D eigenvalue weighted by atomic mass is 10.1. The van der Waals surface area contributed by atoms with Gasteiger partial charge in [-0.25, -0.2) is 9.36 Å². The summed E-state index contributed by atoms with van der Waals surface area (Å²) in [4.78, 5) is 66.8. The van der Waals surface area contributed by atoms with E-state index in [0.717, 1.165) is 23.8 Å². The third-order valence-corrected chi connectivity index (χ3v) is 5.82. The Labute approximate surface area is 206 Å². The third-order valence-electron chi connectivity index (χ3n) is 5.34. The Morgan fingerprint density at radius 3 is 2.67 bits per heavy atom. The van der Waals surface area contributed by atoms with Crippen LogP contribution in [0.5, 0.6) is 0 Å². The first-order valence-corrected chi connectivity index (χ1v) is 13.1. The number of unbranched alkanes of at least 4 members (excludes halogenated alkanes) is 3. The van der Waals surface area contributed by atoms with Crippen LogP contribution in [0.2, 0.25) is 0 Å². The number of H-pyrrole nitrogens is 1. The van der Waals surface area contributed by atoms with Crippen molar-refractivity contribution in [1.82, 2.24) is 20.2 Å². The van der Waals surface area contributed by atoms with Crippen LogP contribution < -0.4 is 21.9 Å². The highest BCUT2D eigenvalue weighted by Crippen LogP contribution is 2.38. The van der Waals surface area contributed by atoms with Crippen LogP contribution in [0.1, 0.15) is 57.2 Å². The molecule has 0 spiro atoms. The summed E-state index contributed by atoms with van der Waals surface area (Å²) in [6.45, 7) is 1.68. The number of rotatable bonds is 14. The maximum atomic E-state index is 12.2. The van der Waals surface area contributed by atoms with Crippen molar-refractivity contribution in [2.75, 3.05) is 19.7 Å². The highest BCUT2D eigenvalue weighted by atomic mass is 31.2. The SMILES string of the molecule is CC(=O)NCCCCCCC(=O)NC/C=C/c1cn(C2CC(O)C(COP(=O)(O)O)O2)c(=O)[nH]c1=O. The number of carbonyl (C=O) groups excluding carboxylic acids is 2. The van der Waals surface area contributed by atoms with Crippen LogP contribution in [-0.2, 0) is 23.4 Å². The van der Waals surface area contributed by atoms with E-state index in [4.69, 9.17) is 14.5 Å². The van der Waals surface area contributed by atoms with Crippen molar-refractivity contribution >= 4 is 25.7 Å². The number of hydrogen-bond acceptors (Lipinski definition) is 8. The molecule has 3 atom stereocenters. The number of nitrogens with zero attached hydrogens (tertiary/aromatic N) is 1. The number of phosphoric acid groups is 1. The van der Waals surface area contributed by atoms with Crippen molar-refractivity contribution < 1.29 is 38.3 Å². The van der Waals surface area contributed by atoms with E-state index in [1.807, 2.05) is 0 Å². The van der Waals surface area contributed by atoms with E-state index in [-0.39, 0.29) is 30.3 Å². The number of aromatic nitrogens is 2. The molecule has 36 heavy (non-hydrogen) atoms. The third kappa shape index (κ3) is 10.6. The van der Waals surface area contributed by atoms with E-state index >= 15 is 0 Å². The average Bonchev–Trinajstić information content (AvgIpc) is 3.15. The van der Waals surface area contributed by atoms with E-state index in [1.165, 1.54) is 19.2 Å². The van der Waals surface area contributed by atoms with E-state index in [0.29, 0.717) is 19.4 Å². The number of carbonyl (C=O) groups is 2. The van der Waals surface area contributed by atoms with E-state index in [9.17, 15) is 28.8 Å². The molecule has 1 fully saturated rings. The van der Waals surface area contributed by atoms with Gasteiger partial charge in [-0.05, 0) is 12.8 Å². The molecule has 14 nitrogen and oxygen atoms in total. The van der Waals surface area contributed by atoms with Gasteiger partial charge in [0.15, 0.2) is 0 Å². The topological polar surface area (TPSA) is 209 Å². The second-order valence-electron chi connectivity index (χ2n) is 8.32. The van der Waals surface area contributed by atoms with E-state index in [2.05, 4.69) is 20.1 Å². The Morgan fingerprint density at radius 1 is 1.25 bits per heavy atom. The van der Waals surface area contributed by atoms with Crippen molar-refractivity contribution in [1.29, 1.82) is 0 Å². The molecule has 6 N–H and O–H groups in total. The summed E-state index contributed by atoms with van der Waals surface area (Å²) in [5, 5.41) is 15.5. The summed E-state index contributed by atoms with van der Waals surface area (Å²) >= 11 is 0. The van der Waals surface area contributed by atoms with Gasteiger partial charge < -0.3 is 30.3 Å². The first kappa shape index (κ1) is 29.6. The van der Waals surface area contributed by atoms with Crippen LogP contribution in [0.3, 0.4) is 0 Å². The van der Waals surface area contributed by atoms with Crippen LogP contribution in [0.15, 0.2) is 21.9 Å². The maximum Gasteiger partial charge on any atom is 0.469 e. The normalized spacial score (nSPS) is 20.1. The molecule has 1 aromatic rings. The molecule has 0 bridgehead atoms. The first-order chi connectivity index (χ1) is 17.0. The number of hydrogen-bond donors (Lipinski definition) is 6. The van der Waals surface area contributed by atoms with Crippen LogP contribution in [0.4, 0.5) is 0 Å². The molecule has 0 saturated carbocycles. The van der Waals surface area contributed by atoms with Gasteiger partial charge in [-0.15, -0.1) is 0 Å². The van der Waals surface area contributed by atoms with Crippen LogP contribution >= 0.6 is 7.82 Å². The predicted molar refractivity (Wildman–Crippen MR) is 128 cm³/mol. The van der Waals surface area contributed by atoms with Crippen molar-refractivity contribution in [3.8, 4) is 0 Å². The fourth-order valence-corrected chi connectivity index (χ4v) is 3.86. The van der Waals surface area contributed by atoms with Gasteiger partial charge >= 0.3 is 13.5 Å². The van der Waals surface area contributed by atoms with Crippen LogP contribution in [0.25, 0.3) is 6.08 Å². The fraction of sp³-hybridized carbons (Fsp3) is 0.619. The summed E-state index contributed by atoms with van der Waals surface area (Å²) in [7, 11) is -4.76. The average molecular weight is 532 g/mol. The minimum atomic E-state index is -4.76. The number of aliphatic hydroxyl groups is 1. The summed E-state index contributed by atoms with van der Waals surface area (Å²) in [5.74, 6) is -0.203. The summed E-state index contributed by atoms with van der Waals surface area (Å²) in [6, 6.07) is 0. The molecule has 0 aromatic carbocycles.